The molecular formula is C21H31NO4. The monoisotopic (exact) mass is 361 g/mol. The van der Waals surface area contributed by atoms with Crippen molar-refractivity contribution in [2.75, 3.05) is 33.0 Å². The van der Waals surface area contributed by atoms with Gasteiger partial charge in [-0.1, -0.05) is 12.1 Å². The quantitative estimate of drug-likeness (QED) is 0.876. The standard InChI is InChI=1S/C21H31NO4/c1-14-4-5-15(2)21(16(14)3)26-13-20(23)22-19-8-11-25-12-18(19)17-6-9-24-10-7-17/h4-5,17-19H,6-13H2,1-3H3,(H,22,23)/t18-,19-/m0/s1. The zero-order valence-electron chi connectivity index (χ0n) is 16.2. The lowest BCUT2D eigenvalue weighted by Gasteiger charge is -2.39. The number of amides is 1. The first kappa shape index (κ1) is 19.2. The molecule has 2 atom stereocenters. The molecule has 1 N–H and O–H groups in total. The highest BCUT2D eigenvalue weighted by molar-refractivity contribution is 5.78. The Labute approximate surface area is 156 Å². The number of nitrogens with one attached hydrogen (secondary N) is 1. The van der Waals surface area contributed by atoms with E-state index in [-0.39, 0.29) is 18.6 Å². The third-order valence-electron chi connectivity index (χ3n) is 5.84. The number of aryl methyl sites for hydroxylation is 2. The molecule has 0 unspecified atom stereocenters. The summed E-state index contributed by atoms with van der Waals surface area (Å²) in [5.41, 5.74) is 3.34. The van der Waals surface area contributed by atoms with Crippen molar-refractivity contribution in [1.82, 2.24) is 5.32 Å². The van der Waals surface area contributed by atoms with E-state index in [0.29, 0.717) is 18.4 Å². The van der Waals surface area contributed by atoms with Gasteiger partial charge in [-0.05, 0) is 62.6 Å². The third kappa shape index (κ3) is 4.57. The van der Waals surface area contributed by atoms with Crippen LogP contribution in [-0.4, -0.2) is 45.0 Å². The maximum atomic E-state index is 12.5. The number of ether oxygens (including phenoxy) is 3. The van der Waals surface area contributed by atoms with Gasteiger partial charge in [0.15, 0.2) is 6.61 Å². The average Bonchev–Trinajstić information content (AvgIpc) is 2.66. The fourth-order valence-corrected chi connectivity index (χ4v) is 4.08. The minimum atomic E-state index is -0.0470. The number of carbonyl (C=O) groups excluding carboxylic acids is 1. The summed E-state index contributed by atoms with van der Waals surface area (Å²) in [7, 11) is 0. The molecule has 1 amide bonds. The topological polar surface area (TPSA) is 56.8 Å². The Kier molecular flexibility index (Phi) is 6.54. The van der Waals surface area contributed by atoms with Crippen LogP contribution in [0.2, 0.25) is 0 Å². The maximum absolute atomic E-state index is 12.5. The first-order valence-electron chi connectivity index (χ1n) is 9.70. The van der Waals surface area contributed by atoms with E-state index in [1.807, 2.05) is 19.9 Å². The van der Waals surface area contributed by atoms with Crippen LogP contribution in [0.3, 0.4) is 0 Å². The lowest BCUT2D eigenvalue weighted by atomic mass is 9.79. The normalized spacial score (nSPS) is 24.3. The lowest BCUT2D eigenvalue weighted by molar-refractivity contribution is -0.125. The van der Waals surface area contributed by atoms with E-state index in [0.717, 1.165) is 56.0 Å². The van der Waals surface area contributed by atoms with Crippen molar-refractivity contribution in [2.24, 2.45) is 11.8 Å². The molecule has 1 aromatic carbocycles. The molecule has 1 aromatic rings. The predicted molar refractivity (Wildman–Crippen MR) is 101 cm³/mol. The van der Waals surface area contributed by atoms with Gasteiger partial charge in [0.25, 0.3) is 5.91 Å². The zero-order valence-corrected chi connectivity index (χ0v) is 16.2. The summed E-state index contributed by atoms with van der Waals surface area (Å²) in [5, 5.41) is 3.21. The predicted octanol–water partition coefficient (Wildman–Crippen LogP) is 2.94. The minimum Gasteiger partial charge on any atom is -0.483 e. The van der Waals surface area contributed by atoms with Gasteiger partial charge in [-0.15, -0.1) is 0 Å². The largest absolute Gasteiger partial charge is 0.483 e. The molecule has 2 heterocycles. The average molecular weight is 361 g/mol. The first-order valence-corrected chi connectivity index (χ1v) is 9.70. The van der Waals surface area contributed by atoms with Crippen molar-refractivity contribution < 1.29 is 19.0 Å². The summed E-state index contributed by atoms with van der Waals surface area (Å²) in [5.74, 6) is 1.72. The van der Waals surface area contributed by atoms with Crippen LogP contribution in [0.1, 0.15) is 36.0 Å². The zero-order chi connectivity index (χ0) is 18.5. The highest BCUT2D eigenvalue weighted by Crippen LogP contribution is 2.30. The number of hydrogen-bond donors (Lipinski definition) is 1. The van der Waals surface area contributed by atoms with Crippen molar-refractivity contribution in [1.29, 1.82) is 0 Å². The molecule has 3 rings (SSSR count). The third-order valence-corrected chi connectivity index (χ3v) is 5.84. The molecule has 2 aliphatic rings. The highest BCUT2D eigenvalue weighted by atomic mass is 16.5. The van der Waals surface area contributed by atoms with Gasteiger partial charge in [0.05, 0.1) is 6.61 Å². The molecular weight excluding hydrogens is 330 g/mol. The fourth-order valence-electron chi connectivity index (χ4n) is 4.08. The Morgan fingerprint density at radius 3 is 2.54 bits per heavy atom. The van der Waals surface area contributed by atoms with Crippen molar-refractivity contribution >= 4 is 5.91 Å². The van der Waals surface area contributed by atoms with Gasteiger partial charge < -0.3 is 19.5 Å². The summed E-state index contributed by atoms with van der Waals surface area (Å²) < 4.78 is 17.0. The fraction of sp³-hybridized carbons (Fsp3) is 0.667. The molecule has 0 aliphatic carbocycles. The molecule has 0 saturated carbocycles. The summed E-state index contributed by atoms with van der Waals surface area (Å²) in [6, 6.07) is 4.29. The molecule has 0 spiro atoms. The summed E-state index contributed by atoms with van der Waals surface area (Å²) >= 11 is 0. The Hall–Kier alpha value is -1.59. The summed E-state index contributed by atoms with van der Waals surface area (Å²) in [4.78, 5) is 12.5. The van der Waals surface area contributed by atoms with Crippen LogP contribution in [-0.2, 0) is 14.3 Å². The molecule has 2 fully saturated rings. The number of hydrogen-bond acceptors (Lipinski definition) is 4. The highest BCUT2D eigenvalue weighted by Gasteiger charge is 2.34. The molecule has 0 bridgehead atoms. The SMILES string of the molecule is Cc1ccc(C)c(OCC(=O)N[C@H]2CCOC[C@H]2C2CCOCC2)c1C. The minimum absolute atomic E-state index is 0.0470. The molecule has 26 heavy (non-hydrogen) atoms. The molecule has 2 aliphatic heterocycles. The van der Waals surface area contributed by atoms with Crippen LogP contribution >= 0.6 is 0 Å². The second kappa shape index (κ2) is 8.87. The number of carbonyl (C=O) groups is 1. The van der Waals surface area contributed by atoms with Gasteiger partial charge >= 0.3 is 0 Å². The molecule has 144 valence electrons. The smallest absolute Gasteiger partial charge is 0.258 e. The van der Waals surface area contributed by atoms with E-state index >= 15 is 0 Å². The summed E-state index contributed by atoms with van der Waals surface area (Å²) in [6.07, 6.45) is 2.98. The second-order valence-corrected chi connectivity index (χ2v) is 7.59. The van der Waals surface area contributed by atoms with Gasteiger partial charge in [0, 0.05) is 31.8 Å². The molecule has 5 heteroatoms. The number of rotatable bonds is 5. The Balaban J connectivity index is 1.57. The molecule has 5 nitrogen and oxygen atoms in total. The van der Waals surface area contributed by atoms with Gasteiger partial charge in [-0.25, -0.2) is 0 Å². The Bertz CT molecular complexity index is 625. The van der Waals surface area contributed by atoms with Crippen LogP contribution in [0.25, 0.3) is 0 Å². The Morgan fingerprint density at radius 1 is 1.08 bits per heavy atom. The van der Waals surface area contributed by atoms with Crippen molar-refractivity contribution in [3.63, 3.8) is 0 Å². The van der Waals surface area contributed by atoms with Crippen LogP contribution in [0, 0.1) is 32.6 Å². The van der Waals surface area contributed by atoms with E-state index in [1.54, 1.807) is 0 Å². The lowest BCUT2D eigenvalue weighted by Crippen LogP contribution is -2.50. The van der Waals surface area contributed by atoms with Gasteiger partial charge in [0.1, 0.15) is 5.75 Å². The van der Waals surface area contributed by atoms with E-state index in [9.17, 15) is 4.79 Å². The molecule has 0 aromatic heterocycles. The van der Waals surface area contributed by atoms with Crippen LogP contribution in [0.15, 0.2) is 12.1 Å². The van der Waals surface area contributed by atoms with E-state index in [2.05, 4.69) is 18.3 Å². The van der Waals surface area contributed by atoms with Crippen LogP contribution < -0.4 is 10.1 Å². The first-order chi connectivity index (χ1) is 12.6. The van der Waals surface area contributed by atoms with E-state index < -0.39 is 0 Å². The van der Waals surface area contributed by atoms with Crippen molar-refractivity contribution in [3.05, 3.63) is 28.8 Å². The van der Waals surface area contributed by atoms with Gasteiger partial charge in [0.2, 0.25) is 0 Å². The summed E-state index contributed by atoms with van der Waals surface area (Å²) in [6.45, 7) is 9.24. The van der Waals surface area contributed by atoms with E-state index in [4.69, 9.17) is 14.2 Å². The van der Waals surface area contributed by atoms with E-state index in [1.165, 1.54) is 5.56 Å². The van der Waals surface area contributed by atoms with Crippen molar-refractivity contribution in [3.8, 4) is 5.75 Å². The Morgan fingerprint density at radius 2 is 1.77 bits per heavy atom. The van der Waals surface area contributed by atoms with Crippen LogP contribution in [0.4, 0.5) is 0 Å². The van der Waals surface area contributed by atoms with Gasteiger partial charge in [-0.3, -0.25) is 4.79 Å². The van der Waals surface area contributed by atoms with Crippen LogP contribution in [0.5, 0.6) is 5.75 Å². The molecule has 2 saturated heterocycles. The maximum Gasteiger partial charge on any atom is 0.258 e. The van der Waals surface area contributed by atoms with Crippen molar-refractivity contribution in [2.45, 2.75) is 46.1 Å². The van der Waals surface area contributed by atoms with Gasteiger partial charge in [-0.2, -0.15) is 0 Å². The molecule has 0 radical (unpaired) electrons. The second-order valence-electron chi connectivity index (χ2n) is 7.59. The number of benzene rings is 1.